The molecular weight excluding hydrogens is 380 g/mol. The van der Waals surface area contributed by atoms with E-state index >= 15 is 0 Å². The van der Waals surface area contributed by atoms with Crippen LogP contribution in [0.4, 0.5) is 5.82 Å². The molecule has 5 rings (SSSR count). The van der Waals surface area contributed by atoms with Crippen molar-refractivity contribution in [2.24, 2.45) is 0 Å². The van der Waals surface area contributed by atoms with Crippen molar-refractivity contribution in [1.29, 1.82) is 0 Å². The number of nitrogens with zero attached hydrogens (tertiary/aromatic N) is 5. The van der Waals surface area contributed by atoms with Crippen molar-refractivity contribution in [2.45, 2.75) is 45.2 Å². The van der Waals surface area contributed by atoms with Crippen LogP contribution in [0.2, 0.25) is 5.28 Å². The van der Waals surface area contributed by atoms with Crippen LogP contribution in [-0.4, -0.2) is 42.8 Å². The van der Waals surface area contributed by atoms with E-state index in [4.69, 9.17) is 16.0 Å². The highest BCUT2D eigenvalue weighted by molar-refractivity contribution is 6.28. The number of hydrogen-bond donors (Lipinski definition) is 1. The highest BCUT2D eigenvalue weighted by Gasteiger charge is 2.39. The molecule has 1 fully saturated rings. The quantitative estimate of drug-likeness (QED) is 0.677. The number of furan rings is 1. The van der Waals surface area contributed by atoms with E-state index in [9.17, 15) is 4.79 Å². The van der Waals surface area contributed by atoms with E-state index in [1.54, 1.807) is 18.0 Å². The molecule has 1 saturated carbocycles. The molecule has 1 aliphatic heterocycles. The fourth-order valence-corrected chi connectivity index (χ4v) is 3.76. The van der Waals surface area contributed by atoms with Gasteiger partial charge in [0.05, 0.1) is 23.2 Å². The second-order valence-electron chi connectivity index (χ2n) is 7.71. The molecule has 8 nitrogen and oxygen atoms in total. The van der Waals surface area contributed by atoms with Crippen molar-refractivity contribution in [3.8, 4) is 0 Å². The van der Waals surface area contributed by atoms with Gasteiger partial charge in [-0.05, 0) is 50.3 Å². The summed E-state index contributed by atoms with van der Waals surface area (Å²) in [6.07, 6.45) is 6.03. The van der Waals surface area contributed by atoms with Gasteiger partial charge in [-0.1, -0.05) is 0 Å². The van der Waals surface area contributed by atoms with Crippen molar-refractivity contribution in [3.63, 3.8) is 0 Å². The summed E-state index contributed by atoms with van der Waals surface area (Å²) in [7, 11) is 0. The van der Waals surface area contributed by atoms with Crippen LogP contribution in [0.15, 0.2) is 16.9 Å². The Kier molecular flexibility index (Phi) is 3.80. The maximum Gasteiger partial charge on any atom is 0.258 e. The number of hydrogen-bond acceptors (Lipinski definition) is 7. The minimum absolute atomic E-state index is 0.0184. The topological polar surface area (TPSA) is 97.0 Å². The Morgan fingerprint density at radius 1 is 1.32 bits per heavy atom. The summed E-state index contributed by atoms with van der Waals surface area (Å²) in [6.45, 7) is 4.89. The zero-order chi connectivity index (χ0) is 19.5. The first-order valence-electron chi connectivity index (χ1n) is 9.25. The van der Waals surface area contributed by atoms with Gasteiger partial charge in [-0.15, -0.1) is 0 Å². The molecule has 3 aromatic rings. The maximum atomic E-state index is 13.4. The molecule has 0 bridgehead atoms. The summed E-state index contributed by atoms with van der Waals surface area (Å²) in [5, 5.41) is 4.28. The summed E-state index contributed by atoms with van der Waals surface area (Å²) in [4.78, 5) is 32.1. The molecule has 0 aromatic carbocycles. The van der Waals surface area contributed by atoms with Gasteiger partial charge in [-0.3, -0.25) is 4.79 Å². The monoisotopic (exact) mass is 398 g/mol. The van der Waals surface area contributed by atoms with Gasteiger partial charge in [-0.2, -0.15) is 0 Å². The number of aryl methyl sites for hydroxylation is 1. The Morgan fingerprint density at radius 2 is 2.14 bits per heavy atom. The van der Waals surface area contributed by atoms with E-state index in [2.05, 4.69) is 32.2 Å². The highest BCUT2D eigenvalue weighted by atomic mass is 35.5. The third kappa shape index (κ3) is 2.88. The molecule has 0 unspecified atom stereocenters. The minimum atomic E-state index is -0.115. The number of halogens is 1. The van der Waals surface area contributed by atoms with Crippen LogP contribution in [0, 0.1) is 6.92 Å². The number of rotatable bonds is 3. The first kappa shape index (κ1) is 17.4. The number of aromatic nitrogens is 4. The van der Waals surface area contributed by atoms with E-state index in [1.807, 2.05) is 0 Å². The standard InChI is InChI=1S/C19H19ClN6O2/c1-10-13(14-15(25-19(2)4-5-19)22-9-23-16(14)28-10)17(27)26-6-3-11-7-21-18(20)24-12(11)8-26/h7,9H,3-6,8H2,1-2H3,(H,22,23,25). The van der Waals surface area contributed by atoms with Crippen molar-refractivity contribution >= 4 is 34.4 Å². The molecule has 4 heterocycles. The van der Waals surface area contributed by atoms with Crippen LogP contribution < -0.4 is 5.32 Å². The number of fused-ring (bicyclic) bond motifs is 2. The average Bonchev–Trinajstić information content (AvgIpc) is 3.29. The lowest BCUT2D eigenvalue weighted by atomic mass is 10.0. The zero-order valence-corrected chi connectivity index (χ0v) is 16.4. The van der Waals surface area contributed by atoms with Gasteiger partial charge < -0.3 is 14.6 Å². The fourth-order valence-electron chi connectivity index (χ4n) is 3.61. The van der Waals surface area contributed by atoms with E-state index in [0.717, 1.165) is 24.1 Å². The van der Waals surface area contributed by atoms with Crippen LogP contribution in [0.25, 0.3) is 11.1 Å². The summed E-state index contributed by atoms with van der Waals surface area (Å²) < 4.78 is 5.79. The molecule has 1 amide bonds. The van der Waals surface area contributed by atoms with E-state index in [1.165, 1.54) is 6.33 Å². The van der Waals surface area contributed by atoms with Crippen LogP contribution in [0.3, 0.4) is 0 Å². The second kappa shape index (κ2) is 6.13. The van der Waals surface area contributed by atoms with E-state index in [-0.39, 0.29) is 16.7 Å². The molecule has 0 atom stereocenters. The number of carbonyl (C=O) groups excluding carboxylic acids is 1. The van der Waals surface area contributed by atoms with Gasteiger partial charge in [0, 0.05) is 18.3 Å². The Balaban J connectivity index is 1.54. The van der Waals surface area contributed by atoms with Crippen LogP contribution >= 0.6 is 11.6 Å². The molecule has 9 heteroatoms. The van der Waals surface area contributed by atoms with Crippen molar-refractivity contribution < 1.29 is 9.21 Å². The van der Waals surface area contributed by atoms with Gasteiger partial charge in [0.15, 0.2) is 0 Å². The fraction of sp³-hybridized carbons (Fsp3) is 0.421. The molecule has 2 aliphatic rings. The summed E-state index contributed by atoms with van der Waals surface area (Å²) in [6, 6.07) is 0. The third-order valence-corrected chi connectivity index (χ3v) is 5.68. The van der Waals surface area contributed by atoms with Crippen LogP contribution in [0.1, 0.15) is 47.1 Å². The summed E-state index contributed by atoms with van der Waals surface area (Å²) >= 11 is 5.93. The molecule has 144 valence electrons. The number of anilines is 1. The Morgan fingerprint density at radius 3 is 2.93 bits per heavy atom. The predicted octanol–water partition coefficient (Wildman–Crippen LogP) is 3.14. The number of nitrogens with one attached hydrogen (secondary N) is 1. The smallest absolute Gasteiger partial charge is 0.258 e. The third-order valence-electron chi connectivity index (χ3n) is 5.50. The maximum absolute atomic E-state index is 13.4. The van der Waals surface area contributed by atoms with Gasteiger partial charge in [0.2, 0.25) is 11.0 Å². The molecule has 0 radical (unpaired) electrons. The Bertz CT molecular complexity index is 1110. The molecule has 0 saturated heterocycles. The molecule has 1 N–H and O–H groups in total. The van der Waals surface area contributed by atoms with E-state index in [0.29, 0.717) is 47.8 Å². The molecular formula is C19H19ClN6O2. The lowest BCUT2D eigenvalue weighted by Crippen LogP contribution is -2.37. The SMILES string of the molecule is Cc1oc2ncnc(NC3(C)CC3)c2c1C(=O)N1CCc2cnc(Cl)nc2C1. The van der Waals surface area contributed by atoms with Crippen molar-refractivity contribution in [1.82, 2.24) is 24.8 Å². The lowest BCUT2D eigenvalue weighted by molar-refractivity contribution is 0.0731. The van der Waals surface area contributed by atoms with Gasteiger partial charge in [-0.25, -0.2) is 19.9 Å². The molecule has 28 heavy (non-hydrogen) atoms. The van der Waals surface area contributed by atoms with Crippen molar-refractivity contribution in [2.75, 3.05) is 11.9 Å². The number of amides is 1. The molecule has 3 aromatic heterocycles. The first-order valence-corrected chi connectivity index (χ1v) is 9.63. The minimum Gasteiger partial charge on any atom is -0.442 e. The predicted molar refractivity (Wildman–Crippen MR) is 103 cm³/mol. The van der Waals surface area contributed by atoms with Crippen LogP contribution in [0.5, 0.6) is 0 Å². The van der Waals surface area contributed by atoms with Crippen LogP contribution in [-0.2, 0) is 13.0 Å². The largest absolute Gasteiger partial charge is 0.442 e. The van der Waals surface area contributed by atoms with Crippen molar-refractivity contribution in [3.05, 3.63) is 40.4 Å². The molecule has 0 spiro atoms. The molecule has 1 aliphatic carbocycles. The highest BCUT2D eigenvalue weighted by Crippen LogP contribution is 2.40. The Hall–Kier alpha value is -2.74. The van der Waals surface area contributed by atoms with Gasteiger partial charge >= 0.3 is 0 Å². The van der Waals surface area contributed by atoms with E-state index < -0.39 is 0 Å². The average molecular weight is 399 g/mol. The summed E-state index contributed by atoms with van der Waals surface area (Å²) in [5.41, 5.74) is 2.75. The normalized spacial score (nSPS) is 17.5. The summed E-state index contributed by atoms with van der Waals surface area (Å²) in [5.74, 6) is 1.07. The van der Waals surface area contributed by atoms with Gasteiger partial charge in [0.25, 0.3) is 5.91 Å². The second-order valence-corrected chi connectivity index (χ2v) is 8.05. The zero-order valence-electron chi connectivity index (χ0n) is 15.6. The number of carbonyl (C=O) groups is 1. The Labute approximate surface area is 166 Å². The van der Waals surface area contributed by atoms with Gasteiger partial charge in [0.1, 0.15) is 17.9 Å². The first-order chi connectivity index (χ1) is 13.4. The lowest BCUT2D eigenvalue weighted by Gasteiger charge is -2.28.